The number of aromatic amines is 1. The van der Waals surface area contributed by atoms with Crippen molar-refractivity contribution in [1.82, 2.24) is 29.7 Å². The quantitative estimate of drug-likeness (QED) is 0.518. The molecule has 10 nitrogen and oxygen atoms in total. The molecule has 1 aromatic carbocycles. The van der Waals surface area contributed by atoms with Crippen LogP contribution in [0.4, 0.5) is 11.6 Å². The highest BCUT2D eigenvalue weighted by molar-refractivity contribution is 5.95. The van der Waals surface area contributed by atoms with E-state index in [0.717, 1.165) is 57.5 Å². The molecule has 2 N–H and O–H groups in total. The number of methoxy groups -OCH3 is 1. The average molecular weight is 494 g/mol. The summed E-state index contributed by atoms with van der Waals surface area (Å²) < 4.78 is 11.3. The highest BCUT2D eigenvalue weighted by Gasteiger charge is 2.29. The van der Waals surface area contributed by atoms with Gasteiger partial charge in [-0.3, -0.25) is 9.69 Å². The number of hydrogen-bond acceptors (Lipinski definition) is 8. The molecule has 0 aliphatic carbocycles. The Morgan fingerprint density at radius 1 is 1.11 bits per heavy atom. The molecule has 0 atom stereocenters. The third-order valence-electron chi connectivity index (χ3n) is 7.16. The van der Waals surface area contributed by atoms with Crippen molar-refractivity contribution < 1.29 is 14.3 Å². The third kappa shape index (κ3) is 5.10. The Hall–Kier alpha value is -3.37. The fourth-order valence-corrected chi connectivity index (χ4v) is 5.07. The number of ether oxygens (including phenoxy) is 2. The van der Waals surface area contributed by atoms with Crippen LogP contribution in [-0.4, -0.2) is 102 Å². The second kappa shape index (κ2) is 10.7. The molecule has 0 unspecified atom stereocenters. The van der Waals surface area contributed by atoms with E-state index in [-0.39, 0.29) is 5.91 Å². The molecule has 2 aliphatic heterocycles. The third-order valence-corrected chi connectivity index (χ3v) is 7.16. The predicted octanol–water partition coefficient (Wildman–Crippen LogP) is 2.96. The number of fused-ring (bicyclic) bond motifs is 1. The maximum atomic E-state index is 13.3. The molecule has 2 fully saturated rings. The molecule has 10 heteroatoms. The number of H-pyrrole nitrogens is 1. The molecule has 192 valence electrons. The SMILES string of the molecule is CCOc1nc(Nc2ccc(C(=O)N3CCC(N4CCN(C)CC4)CC3)cc2OC)nc2[nH]ccc12. The van der Waals surface area contributed by atoms with Gasteiger partial charge < -0.3 is 29.6 Å². The number of piperazine rings is 1. The Labute approximate surface area is 211 Å². The lowest BCUT2D eigenvalue weighted by molar-refractivity contribution is 0.0518. The Balaban J connectivity index is 1.26. The van der Waals surface area contributed by atoms with Crippen molar-refractivity contribution in [3.63, 3.8) is 0 Å². The Morgan fingerprint density at radius 3 is 2.61 bits per heavy atom. The molecular weight excluding hydrogens is 458 g/mol. The molecule has 5 rings (SSSR count). The van der Waals surface area contributed by atoms with Crippen LogP contribution in [0, 0.1) is 0 Å². The van der Waals surface area contributed by atoms with Gasteiger partial charge in [-0.15, -0.1) is 0 Å². The number of aromatic nitrogens is 3. The standard InChI is InChI=1S/C26H35N7O3/c1-4-36-24-20-7-10-27-23(20)29-26(30-24)28-21-6-5-18(17-22(21)35-3)25(34)33-11-8-19(9-12-33)32-15-13-31(2)14-16-32/h5-7,10,17,19H,4,8-9,11-16H2,1-3H3,(H2,27,28,29,30). The number of carbonyl (C=O) groups excluding carboxylic acids is 1. The minimum atomic E-state index is 0.0411. The van der Waals surface area contributed by atoms with Crippen LogP contribution in [0.15, 0.2) is 30.5 Å². The fourth-order valence-electron chi connectivity index (χ4n) is 5.07. The summed E-state index contributed by atoms with van der Waals surface area (Å²) in [4.78, 5) is 32.4. The number of hydrogen-bond donors (Lipinski definition) is 2. The van der Waals surface area contributed by atoms with Gasteiger partial charge in [-0.05, 0) is 51.1 Å². The van der Waals surface area contributed by atoms with E-state index in [4.69, 9.17) is 9.47 Å². The molecule has 0 bridgehead atoms. The van der Waals surface area contributed by atoms with Crippen molar-refractivity contribution in [2.24, 2.45) is 0 Å². The van der Waals surface area contributed by atoms with E-state index in [2.05, 4.69) is 37.1 Å². The molecule has 0 saturated carbocycles. The summed E-state index contributed by atoms with van der Waals surface area (Å²) in [5.74, 6) is 1.49. The molecular formula is C26H35N7O3. The predicted molar refractivity (Wildman–Crippen MR) is 139 cm³/mol. The summed E-state index contributed by atoms with van der Waals surface area (Å²) in [6.07, 6.45) is 3.85. The molecule has 2 aliphatic rings. The number of likely N-dealkylation sites (tertiary alicyclic amines) is 1. The maximum absolute atomic E-state index is 13.3. The second-order valence-electron chi connectivity index (χ2n) is 9.43. The zero-order valence-electron chi connectivity index (χ0n) is 21.3. The molecule has 2 saturated heterocycles. The van der Waals surface area contributed by atoms with E-state index in [1.165, 1.54) is 0 Å². The van der Waals surface area contributed by atoms with Crippen molar-refractivity contribution >= 4 is 28.6 Å². The molecule has 36 heavy (non-hydrogen) atoms. The van der Waals surface area contributed by atoms with Crippen LogP contribution in [0.25, 0.3) is 11.0 Å². The van der Waals surface area contributed by atoms with Crippen molar-refractivity contribution in [2.45, 2.75) is 25.8 Å². The highest BCUT2D eigenvalue weighted by atomic mass is 16.5. The fraction of sp³-hybridized carbons (Fsp3) is 0.500. The van der Waals surface area contributed by atoms with Gasteiger partial charge in [-0.2, -0.15) is 9.97 Å². The summed E-state index contributed by atoms with van der Waals surface area (Å²) in [6, 6.07) is 7.91. The van der Waals surface area contributed by atoms with Crippen LogP contribution < -0.4 is 14.8 Å². The monoisotopic (exact) mass is 493 g/mol. The van der Waals surface area contributed by atoms with Crippen LogP contribution >= 0.6 is 0 Å². The van der Waals surface area contributed by atoms with E-state index in [0.29, 0.717) is 47.1 Å². The zero-order valence-corrected chi connectivity index (χ0v) is 21.3. The zero-order chi connectivity index (χ0) is 25.1. The summed E-state index contributed by atoms with van der Waals surface area (Å²) >= 11 is 0. The van der Waals surface area contributed by atoms with Gasteiger partial charge in [0.25, 0.3) is 5.91 Å². The van der Waals surface area contributed by atoms with Crippen LogP contribution in [-0.2, 0) is 0 Å². The van der Waals surface area contributed by atoms with Gasteiger partial charge in [-0.25, -0.2) is 0 Å². The summed E-state index contributed by atoms with van der Waals surface area (Å²) in [7, 11) is 3.77. The second-order valence-corrected chi connectivity index (χ2v) is 9.43. The first-order valence-electron chi connectivity index (χ1n) is 12.7. The average Bonchev–Trinajstić information content (AvgIpc) is 3.38. The lowest BCUT2D eigenvalue weighted by Gasteiger charge is -2.42. The lowest BCUT2D eigenvalue weighted by atomic mass is 10.0. The highest BCUT2D eigenvalue weighted by Crippen LogP contribution is 2.31. The van der Waals surface area contributed by atoms with Crippen LogP contribution in [0.2, 0.25) is 0 Å². The number of likely N-dealkylation sites (N-methyl/N-ethyl adjacent to an activating group) is 1. The molecule has 0 spiro atoms. The molecule has 3 aromatic rings. The van der Waals surface area contributed by atoms with Gasteiger partial charge in [-0.1, -0.05) is 0 Å². The topological polar surface area (TPSA) is 98.8 Å². The number of anilines is 2. The Kier molecular flexibility index (Phi) is 7.24. The first-order valence-corrected chi connectivity index (χ1v) is 12.7. The lowest BCUT2D eigenvalue weighted by Crippen LogP contribution is -2.52. The van der Waals surface area contributed by atoms with Crippen molar-refractivity contribution in [1.29, 1.82) is 0 Å². The molecule has 4 heterocycles. The number of nitrogens with zero attached hydrogens (tertiary/aromatic N) is 5. The molecule has 0 radical (unpaired) electrons. The van der Waals surface area contributed by atoms with E-state index in [9.17, 15) is 4.79 Å². The van der Waals surface area contributed by atoms with Crippen molar-refractivity contribution in [2.75, 3.05) is 65.3 Å². The van der Waals surface area contributed by atoms with Crippen LogP contribution in [0.3, 0.4) is 0 Å². The number of nitrogens with one attached hydrogen (secondary N) is 2. The summed E-state index contributed by atoms with van der Waals surface area (Å²) in [6.45, 7) is 8.46. The largest absolute Gasteiger partial charge is 0.495 e. The summed E-state index contributed by atoms with van der Waals surface area (Å²) in [5, 5.41) is 4.04. The number of amides is 1. The summed E-state index contributed by atoms with van der Waals surface area (Å²) in [5.41, 5.74) is 1.98. The van der Waals surface area contributed by atoms with E-state index < -0.39 is 0 Å². The van der Waals surface area contributed by atoms with Crippen LogP contribution in [0.5, 0.6) is 11.6 Å². The Morgan fingerprint density at radius 2 is 1.89 bits per heavy atom. The molecule has 1 amide bonds. The smallest absolute Gasteiger partial charge is 0.253 e. The number of carbonyl (C=O) groups is 1. The van der Waals surface area contributed by atoms with Crippen molar-refractivity contribution in [3.8, 4) is 11.6 Å². The van der Waals surface area contributed by atoms with Gasteiger partial charge in [0.1, 0.15) is 11.4 Å². The molecule has 2 aromatic heterocycles. The van der Waals surface area contributed by atoms with Gasteiger partial charge in [0.2, 0.25) is 11.8 Å². The van der Waals surface area contributed by atoms with E-state index >= 15 is 0 Å². The number of piperidine rings is 1. The number of rotatable bonds is 7. The van der Waals surface area contributed by atoms with Crippen molar-refractivity contribution in [3.05, 3.63) is 36.0 Å². The van der Waals surface area contributed by atoms with E-state index in [1.807, 2.05) is 30.0 Å². The maximum Gasteiger partial charge on any atom is 0.253 e. The van der Waals surface area contributed by atoms with Gasteiger partial charge in [0.05, 0.1) is 24.8 Å². The minimum Gasteiger partial charge on any atom is -0.495 e. The Bertz CT molecular complexity index is 1200. The number of benzene rings is 1. The minimum absolute atomic E-state index is 0.0411. The van der Waals surface area contributed by atoms with Gasteiger partial charge in [0.15, 0.2) is 0 Å². The van der Waals surface area contributed by atoms with Gasteiger partial charge in [0, 0.05) is 57.1 Å². The van der Waals surface area contributed by atoms with Crippen LogP contribution in [0.1, 0.15) is 30.1 Å². The normalized spacial score (nSPS) is 17.9. The first kappa shape index (κ1) is 24.3. The van der Waals surface area contributed by atoms with Gasteiger partial charge >= 0.3 is 0 Å². The first-order chi connectivity index (χ1) is 17.6. The van der Waals surface area contributed by atoms with E-state index in [1.54, 1.807) is 19.4 Å².